The molecule has 0 unspecified atom stereocenters. The Morgan fingerprint density at radius 3 is 2.74 bits per heavy atom. The second-order valence-corrected chi connectivity index (χ2v) is 4.85. The Bertz CT molecular complexity index is 566. The van der Waals surface area contributed by atoms with Crippen LogP contribution >= 0.6 is 0 Å². The Morgan fingerprint density at radius 2 is 1.95 bits per heavy atom. The van der Waals surface area contributed by atoms with E-state index in [1.54, 1.807) is 6.20 Å². The van der Waals surface area contributed by atoms with Crippen molar-refractivity contribution in [3.63, 3.8) is 0 Å². The summed E-state index contributed by atoms with van der Waals surface area (Å²) in [6.07, 6.45) is 7.63. The lowest BCUT2D eigenvalue weighted by Gasteiger charge is -2.12. The van der Waals surface area contributed by atoms with Crippen molar-refractivity contribution in [2.75, 3.05) is 12.4 Å². The van der Waals surface area contributed by atoms with E-state index in [0.29, 0.717) is 0 Å². The smallest absolute Gasteiger partial charge is 0.180 e. The molecule has 0 saturated heterocycles. The molecular formula is C15H18N4. The molecule has 4 heteroatoms. The Balaban J connectivity index is 2.10. The number of pyridine rings is 1. The zero-order valence-electron chi connectivity index (χ0n) is 11.2. The Kier molecular flexibility index (Phi) is 3.40. The van der Waals surface area contributed by atoms with Gasteiger partial charge in [-0.1, -0.05) is 12.5 Å². The van der Waals surface area contributed by atoms with E-state index in [1.807, 2.05) is 25.2 Å². The fraction of sp³-hybridized carbons (Fsp3) is 0.400. The van der Waals surface area contributed by atoms with Gasteiger partial charge in [0.1, 0.15) is 11.5 Å². The number of nitrogens with zero attached hydrogens (tertiary/aromatic N) is 3. The minimum atomic E-state index is 0.727. The maximum atomic E-state index is 4.74. The molecule has 1 aliphatic rings. The molecule has 0 aromatic carbocycles. The number of hydrogen-bond acceptors (Lipinski definition) is 4. The predicted molar refractivity (Wildman–Crippen MR) is 76.1 cm³/mol. The fourth-order valence-electron chi connectivity index (χ4n) is 2.59. The molecule has 1 aliphatic carbocycles. The van der Waals surface area contributed by atoms with Crippen LogP contribution in [0, 0.1) is 0 Å². The number of anilines is 1. The van der Waals surface area contributed by atoms with E-state index in [0.717, 1.165) is 30.2 Å². The highest BCUT2D eigenvalue weighted by Crippen LogP contribution is 2.26. The summed E-state index contributed by atoms with van der Waals surface area (Å²) in [5, 5.41) is 3.21. The quantitative estimate of drug-likeness (QED) is 0.837. The fourth-order valence-corrected chi connectivity index (χ4v) is 2.59. The summed E-state index contributed by atoms with van der Waals surface area (Å²) >= 11 is 0. The molecule has 2 aromatic rings. The predicted octanol–water partition coefficient (Wildman–Crippen LogP) is 2.85. The van der Waals surface area contributed by atoms with Crippen LogP contribution in [0.4, 0.5) is 5.82 Å². The molecule has 0 bridgehead atoms. The monoisotopic (exact) mass is 254 g/mol. The molecule has 19 heavy (non-hydrogen) atoms. The van der Waals surface area contributed by atoms with Crippen LogP contribution in [0.5, 0.6) is 0 Å². The molecule has 0 saturated carbocycles. The number of fused-ring (bicyclic) bond motifs is 1. The van der Waals surface area contributed by atoms with Crippen LogP contribution < -0.4 is 5.32 Å². The molecule has 98 valence electrons. The molecule has 4 nitrogen and oxygen atoms in total. The van der Waals surface area contributed by atoms with Gasteiger partial charge in [0.15, 0.2) is 5.82 Å². The number of nitrogens with one attached hydrogen (secondary N) is 1. The lowest BCUT2D eigenvalue weighted by Crippen LogP contribution is -2.07. The van der Waals surface area contributed by atoms with Gasteiger partial charge in [-0.15, -0.1) is 0 Å². The first-order valence-electron chi connectivity index (χ1n) is 6.87. The molecule has 0 aliphatic heterocycles. The van der Waals surface area contributed by atoms with E-state index in [4.69, 9.17) is 4.98 Å². The summed E-state index contributed by atoms with van der Waals surface area (Å²) in [4.78, 5) is 13.7. The zero-order chi connectivity index (χ0) is 13.1. The Hall–Kier alpha value is -1.97. The minimum absolute atomic E-state index is 0.727. The van der Waals surface area contributed by atoms with Gasteiger partial charge in [0.05, 0.1) is 0 Å². The molecule has 0 atom stereocenters. The third kappa shape index (κ3) is 2.43. The van der Waals surface area contributed by atoms with Crippen molar-refractivity contribution in [1.82, 2.24) is 15.0 Å². The molecule has 1 N–H and O–H groups in total. The largest absolute Gasteiger partial charge is 0.373 e. The van der Waals surface area contributed by atoms with Gasteiger partial charge in [0.2, 0.25) is 0 Å². The van der Waals surface area contributed by atoms with Gasteiger partial charge in [-0.25, -0.2) is 9.97 Å². The van der Waals surface area contributed by atoms with Gasteiger partial charge in [-0.05, 0) is 37.8 Å². The van der Waals surface area contributed by atoms with Crippen LogP contribution in [-0.2, 0) is 12.8 Å². The van der Waals surface area contributed by atoms with E-state index in [1.165, 1.54) is 30.5 Å². The third-order valence-corrected chi connectivity index (χ3v) is 3.56. The van der Waals surface area contributed by atoms with Crippen molar-refractivity contribution in [2.45, 2.75) is 32.1 Å². The highest BCUT2D eigenvalue weighted by Gasteiger charge is 2.16. The summed E-state index contributed by atoms with van der Waals surface area (Å²) < 4.78 is 0. The SMILES string of the molecule is CNc1nc(-c2ccccn2)nc2c1CCCCC2. The van der Waals surface area contributed by atoms with E-state index >= 15 is 0 Å². The average Bonchev–Trinajstić information content (AvgIpc) is 2.72. The first-order valence-corrected chi connectivity index (χ1v) is 6.87. The van der Waals surface area contributed by atoms with Crippen molar-refractivity contribution in [3.8, 4) is 11.5 Å². The zero-order valence-corrected chi connectivity index (χ0v) is 11.2. The van der Waals surface area contributed by atoms with Crippen LogP contribution in [0.3, 0.4) is 0 Å². The second-order valence-electron chi connectivity index (χ2n) is 4.85. The number of aryl methyl sites for hydroxylation is 1. The van der Waals surface area contributed by atoms with Gasteiger partial charge in [-0.2, -0.15) is 0 Å². The van der Waals surface area contributed by atoms with Crippen LogP contribution in [0.15, 0.2) is 24.4 Å². The molecule has 0 fully saturated rings. The van der Waals surface area contributed by atoms with Crippen molar-refractivity contribution in [1.29, 1.82) is 0 Å². The van der Waals surface area contributed by atoms with Crippen LogP contribution in [0.25, 0.3) is 11.5 Å². The third-order valence-electron chi connectivity index (χ3n) is 3.56. The van der Waals surface area contributed by atoms with Gasteiger partial charge >= 0.3 is 0 Å². The Morgan fingerprint density at radius 1 is 1.05 bits per heavy atom. The maximum absolute atomic E-state index is 4.74. The van der Waals surface area contributed by atoms with E-state index < -0.39 is 0 Å². The van der Waals surface area contributed by atoms with Gasteiger partial charge in [-0.3, -0.25) is 4.98 Å². The first-order chi connectivity index (χ1) is 9.38. The average molecular weight is 254 g/mol. The summed E-state index contributed by atoms with van der Waals surface area (Å²) in [5.74, 6) is 1.69. The molecule has 0 spiro atoms. The number of aromatic nitrogens is 3. The molecule has 2 aromatic heterocycles. The maximum Gasteiger partial charge on any atom is 0.180 e. The standard InChI is InChI=1S/C15H18N4/c1-16-14-11-7-3-2-4-8-12(11)18-15(19-14)13-9-5-6-10-17-13/h5-6,9-10H,2-4,7-8H2,1H3,(H,16,18,19). The van der Waals surface area contributed by atoms with Gasteiger partial charge in [0, 0.05) is 24.5 Å². The first kappa shape index (κ1) is 12.1. The Labute approximate surface area is 113 Å². The van der Waals surface area contributed by atoms with Gasteiger partial charge < -0.3 is 5.32 Å². The second kappa shape index (κ2) is 5.34. The number of rotatable bonds is 2. The summed E-state index contributed by atoms with van der Waals surface area (Å²) in [6, 6.07) is 5.83. The molecule has 2 heterocycles. The lowest BCUT2D eigenvalue weighted by molar-refractivity contribution is 0.709. The molecule has 0 radical (unpaired) electrons. The van der Waals surface area contributed by atoms with Gasteiger partial charge in [0.25, 0.3) is 0 Å². The van der Waals surface area contributed by atoms with E-state index in [9.17, 15) is 0 Å². The van der Waals surface area contributed by atoms with Crippen LogP contribution in [0.1, 0.15) is 30.5 Å². The molecule has 3 rings (SSSR count). The van der Waals surface area contributed by atoms with Crippen LogP contribution in [0.2, 0.25) is 0 Å². The highest BCUT2D eigenvalue weighted by molar-refractivity contribution is 5.56. The summed E-state index contributed by atoms with van der Waals surface area (Å²) in [6.45, 7) is 0. The summed E-state index contributed by atoms with van der Waals surface area (Å²) in [5.41, 5.74) is 3.32. The molecular weight excluding hydrogens is 236 g/mol. The van der Waals surface area contributed by atoms with Crippen LogP contribution in [-0.4, -0.2) is 22.0 Å². The van der Waals surface area contributed by atoms with Crippen molar-refractivity contribution in [3.05, 3.63) is 35.7 Å². The topological polar surface area (TPSA) is 50.7 Å². The lowest BCUT2D eigenvalue weighted by atomic mass is 10.1. The van der Waals surface area contributed by atoms with Crippen molar-refractivity contribution < 1.29 is 0 Å². The molecule has 0 amide bonds. The van der Waals surface area contributed by atoms with Crippen molar-refractivity contribution >= 4 is 5.82 Å². The highest BCUT2D eigenvalue weighted by atomic mass is 15.0. The summed E-state index contributed by atoms with van der Waals surface area (Å²) in [7, 11) is 1.93. The normalized spacial score (nSPS) is 14.6. The van der Waals surface area contributed by atoms with E-state index in [-0.39, 0.29) is 0 Å². The van der Waals surface area contributed by atoms with Crippen molar-refractivity contribution in [2.24, 2.45) is 0 Å². The number of hydrogen-bond donors (Lipinski definition) is 1. The minimum Gasteiger partial charge on any atom is -0.373 e. The van der Waals surface area contributed by atoms with E-state index in [2.05, 4.69) is 15.3 Å².